The number of likely N-dealkylation sites (tertiary alicyclic amines) is 1. The molecule has 3 N–H and O–H groups in total. The molecule has 6 rings (SSSR count). The Labute approximate surface area is 260 Å². The van der Waals surface area contributed by atoms with Crippen LogP contribution in [0.1, 0.15) is 52.6 Å². The van der Waals surface area contributed by atoms with Gasteiger partial charge in [0.25, 0.3) is 0 Å². The first kappa shape index (κ1) is 30.4. The standard InChI is InChI=1S/C32H36ClFN6O4/c1-43-19-25-15-24(37-38-25)16-40-29-13-21(32(41)42)6-8-28(29)35-30(40)17-39-11-9-20(10-12-39)27-3-2-4-31(36-27)44-18-22-5-7-23(33)14-26(22)34/h2-8,13-14,20,24-25,37-38H,9-12,15-19H2,1H3,(H,41,42). The van der Waals surface area contributed by atoms with Gasteiger partial charge in [-0.2, -0.15) is 0 Å². The lowest BCUT2D eigenvalue weighted by molar-refractivity contribution is 0.0697. The van der Waals surface area contributed by atoms with Crippen LogP contribution in [0.3, 0.4) is 0 Å². The molecule has 2 aliphatic heterocycles. The topological polar surface area (TPSA) is 114 Å². The first-order valence-electron chi connectivity index (χ1n) is 14.8. The molecule has 232 valence electrons. The van der Waals surface area contributed by atoms with Gasteiger partial charge in [0.05, 0.1) is 29.7 Å². The monoisotopic (exact) mass is 622 g/mol. The lowest BCUT2D eigenvalue weighted by atomic mass is 9.93. The second kappa shape index (κ2) is 13.6. The van der Waals surface area contributed by atoms with Gasteiger partial charge in [0, 0.05) is 54.0 Å². The van der Waals surface area contributed by atoms with Crippen LogP contribution in [0.2, 0.25) is 5.02 Å². The molecule has 0 bridgehead atoms. The third-order valence-corrected chi connectivity index (χ3v) is 8.65. The van der Waals surface area contributed by atoms with Crippen molar-refractivity contribution < 1.29 is 23.8 Å². The zero-order valence-corrected chi connectivity index (χ0v) is 25.3. The van der Waals surface area contributed by atoms with Gasteiger partial charge in [-0.25, -0.2) is 19.2 Å². The fraction of sp³-hybridized carbons (Fsp3) is 0.406. The molecule has 0 spiro atoms. The summed E-state index contributed by atoms with van der Waals surface area (Å²) in [4.78, 5) is 23.8. The number of nitrogens with zero attached hydrogens (tertiary/aromatic N) is 4. The number of aromatic nitrogens is 3. The van der Waals surface area contributed by atoms with Gasteiger partial charge in [-0.05, 0) is 68.8 Å². The third kappa shape index (κ3) is 7.03. The smallest absolute Gasteiger partial charge is 0.335 e. The fourth-order valence-corrected chi connectivity index (χ4v) is 6.25. The quantitative estimate of drug-likeness (QED) is 0.218. The highest BCUT2D eigenvalue weighted by atomic mass is 35.5. The maximum atomic E-state index is 14.2. The van der Waals surface area contributed by atoms with Crippen molar-refractivity contribution in [1.29, 1.82) is 0 Å². The number of carboxylic acid groups (broad SMARTS) is 1. The number of halogens is 2. The summed E-state index contributed by atoms with van der Waals surface area (Å²) in [6.45, 7) is 3.76. The molecule has 2 aromatic heterocycles. The third-order valence-electron chi connectivity index (χ3n) is 8.41. The van der Waals surface area contributed by atoms with E-state index in [1.54, 1.807) is 43.5 Å². The maximum absolute atomic E-state index is 14.2. The van der Waals surface area contributed by atoms with Gasteiger partial charge in [0.15, 0.2) is 0 Å². The van der Waals surface area contributed by atoms with Crippen LogP contribution in [-0.4, -0.2) is 69.4 Å². The minimum Gasteiger partial charge on any atom is -0.478 e. The Balaban J connectivity index is 1.11. The molecular weight excluding hydrogens is 587 g/mol. The Morgan fingerprint density at radius 2 is 1.91 bits per heavy atom. The van der Waals surface area contributed by atoms with E-state index in [0.29, 0.717) is 36.2 Å². The van der Waals surface area contributed by atoms with Crippen LogP contribution in [0, 0.1) is 5.82 Å². The maximum Gasteiger partial charge on any atom is 0.335 e. The van der Waals surface area contributed by atoms with Gasteiger partial charge in [-0.1, -0.05) is 23.7 Å². The summed E-state index contributed by atoms with van der Waals surface area (Å²) in [6.07, 6.45) is 2.75. The van der Waals surface area contributed by atoms with Crippen molar-refractivity contribution in [3.63, 3.8) is 0 Å². The number of nitrogens with one attached hydrogen (secondary N) is 2. The van der Waals surface area contributed by atoms with Gasteiger partial charge >= 0.3 is 5.97 Å². The molecule has 0 radical (unpaired) electrons. The molecule has 4 aromatic rings. The molecule has 4 heterocycles. The predicted molar refractivity (Wildman–Crippen MR) is 164 cm³/mol. The lowest BCUT2D eigenvalue weighted by Crippen LogP contribution is -2.37. The first-order chi connectivity index (χ1) is 21.4. The molecule has 2 fully saturated rings. The number of carbonyl (C=O) groups is 1. The molecule has 2 unspecified atom stereocenters. The number of carboxylic acids is 1. The summed E-state index contributed by atoms with van der Waals surface area (Å²) in [6, 6.07) is 15.8. The minimum atomic E-state index is -0.954. The summed E-state index contributed by atoms with van der Waals surface area (Å²) in [5.41, 5.74) is 9.92. The zero-order chi connectivity index (χ0) is 30.6. The van der Waals surface area contributed by atoms with Crippen LogP contribution in [0.5, 0.6) is 5.88 Å². The molecule has 0 amide bonds. The number of rotatable bonds is 11. The number of fused-ring (bicyclic) bond motifs is 1. The van der Waals surface area contributed by atoms with E-state index in [0.717, 1.165) is 54.9 Å². The van der Waals surface area contributed by atoms with Gasteiger partial charge < -0.3 is 19.1 Å². The predicted octanol–water partition coefficient (Wildman–Crippen LogP) is 4.76. The van der Waals surface area contributed by atoms with Crippen molar-refractivity contribution in [3.8, 4) is 5.88 Å². The summed E-state index contributed by atoms with van der Waals surface area (Å²) in [5, 5.41) is 9.96. The Bertz CT molecular complexity index is 1630. The summed E-state index contributed by atoms with van der Waals surface area (Å²) in [7, 11) is 1.69. The van der Waals surface area contributed by atoms with E-state index in [-0.39, 0.29) is 30.2 Å². The van der Waals surface area contributed by atoms with Crippen LogP contribution in [0.15, 0.2) is 54.6 Å². The number of pyridine rings is 1. The van der Waals surface area contributed by atoms with Crippen molar-refractivity contribution >= 4 is 28.6 Å². The molecule has 0 saturated carbocycles. The van der Waals surface area contributed by atoms with Crippen molar-refractivity contribution in [3.05, 3.63) is 88.1 Å². The lowest BCUT2D eigenvalue weighted by Gasteiger charge is -2.31. The van der Waals surface area contributed by atoms with E-state index < -0.39 is 11.8 Å². The highest BCUT2D eigenvalue weighted by Gasteiger charge is 2.27. The average molecular weight is 623 g/mol. The number of hydrazine groups is 1. The van der Waals surface area contributed by atoms with E-state index in [4.69, 9.17) is 31.0 Å². The summed E-state index contributed by atoms with van der Waals surface area (Å²) < 4.78 is 27.5. The largest absolute Gasteiger partial charge is 0.478 e. The van der Waals surface area contributed by atoms with Crippen LogP contribution in [0.4, 0.5) is 4.39 Å². The molecular formula is C32H36ClFN6O4. The number of benzene rings is 2. The van der Waals surface area contributed by atoms with E-state index in [2.05, 4.69) is 20.3 Å². The summed E-state index contributed by atoms with van der Waals surface area (Å²) in [5.74, 6) is 0.315. The van der Waals surface area contributed by atoms with E-state index in [1.807, 2.05) is 12.1 Å². The Morgan fingerprint density at radius 3 is 2.68 bits per heavy atom. The highest BCUT2D eigenvalue weighted by Crippen LogP contribution is 2.30. The van der Waals surface area contributed by atoms with Crippen LogP contribution in [0.25, 0.3) is 11.0 Å². The van der Waals surface area contributed by atoms with Crippen LogP contribution < -0.4 is 15.6 Å². The molecule has 44 heavy (non-hydrogen) atoms. The molecule has 2 saturated heterocycles. The van der Waals surface area contributed by atoms with Crippen LogP contribution in [-0.2, 0) is 24.4 Å². The van der Waals surface area contributed by atoms with Crippen LogP contribution >= 0.6 is 11.6 Å². The Kier molecular flexibility index (Phi) is 9.39. The van der Waals surface area contributed by atoms with Crippen molar-refractivity contribution in [2.45, 2.75) is 57.0 Å². The van der Waals surface area contributed by atoms with Gasteiger partial charge in [-0.3, -0.25) is 15.8 Å². The van der Waals surface area contributed by atoms with Crippen molar-refractivity contribution in [2.24, 2.45) is 0 Å². The number of imidazole rings is 1. The van der Waals surface area contributed by atoms with Gasteiger partial charge in [-0.15, -0.1) is 0 Å². The number of hydrogen-bond acceptors (Lipinski definition) is 8. The Morgan fingerprint density at radius 1 is 1.09 bits per heavy atom. The fourth-order valence-electron chi connectivity index (χ4n) is 6.09. The first-order valence-corrected chi connectivity index (χ1v) is 15.2. The molecule has 2 aliphatic rings. The normalized spacial score (nSPS) is 19.5. The second-order valence-electron chi connectivity index (χ2n) is 11.5. The highest BCUT2D eigenvalue weighted by molar-refractivity contribution is 6.30. The van der Waals surface area contributed by atoms with E-state index >= 15 is 0 Å². The molecule has 0 aliphatic carbocycles. The average Bonchev–Trinajstić information content (AvgIpc) is 3.61. The molecule has 2 aromatic carbocycles. The number of aromatic carboxylic acids is 1. The van der Waals surface area contributed by atoms with Crippen molar-refractivity contribution in [1.82, 2.24) is 30.3 Å². The molecule has 10 nitrogen and oxygen atoms in total. The number of methoxy groups -OCH3 is 1. The van der Waals surface area contributed by atoms with E-state index in [1.165, 1.54) is 6.07 Å². The van der Waals surface area contributed by atoms with Crippen molar-refractivity contribution in [2.75, 3.05) is 26.8 Å². The second-order valence-corrected chi connectivity index (χ2v) is 11.9. The number of ether oxygens (including phenoxy) is 2. The minimum absolute atomic E-state index is 0.0757. The number of piperidine rings is 1. The number of hydrogen-bond donors (Lipinski definition) is 3. The zero-order valence-electron chi connectivity index (χ0n) is 24.5. The summed E-state index contributed by atoms with van der Waals surface area (Å²) >= 11 is 5.86. The SMILES string of the molecule is COCC1CC(Cn2c(CN3CCC(c4cccc(OCc5ccc(Cl)cc5F)n4)CC3)nc3ccc(C(=O)O)cc32)NN1. The molecule has 12 heteroatoms. The van der Waals surface area contributed by atoms with E-state index in [9.17, 15) is 14.3 Å². The van der Waals surface area contributed by atoms with Gasteiger partial charge in [0.1, 0.15) is 18.2 Å². The van der Waals surface area contributed by atoms with Gasteiger partial charge in [0.2, 0.25) is 5.88 Å². The molecule has 2 atom stereocenters. The Hall–Kier alpha value is -3.61.